The van der Waals surface area contributed by atoms with Crippen molar-refractivity contribution in [3.63, 3.8) is 0 Å². The van der Waals surface area contributed by atoms with Crippen molar-refractivity contribution in [1.82, 2.24) is 0 Å². The first kappa shape index (κ1) is 10.9. The molecule has 15 heavy (non-hydrogen) atoms. The van der Waals surface area contributed by atoms with Gasteiger partial charge < -0.3 is 0 Å². The Morgan fingerprint density at radius 2 is 1.87 bits per heavy atom. The Morgan fingerprint density at radius 3 is 2.53 bits per heavy atom. The van der Waals surface area contributed by atoms with Crippen molar-refractivity contribution in [2.24, 2.45) is 5.92 Å². The summed E-state index contributed by atoms with van der Waals surface area (Å²) in [4.78, 5) is 0. The number of halogens is 2. The van der Waals surface area contributed by atoms with Crippen molar-refractivity contribution in [3.8, 4) is 0 Å². The normalized spacial score (nSPS) is 26.6. The summed E-state index contributed by atoms with van der Waals surface area (Å²) in [7, 11) is 0. The second-order valence-corrected chi connectivity index (χ2v) is 5.01. The van der Waals surface area contributed by atoms with E-state index in [-0.39, 0.29) is 10.8 Å². The number of rotatable bonds is 1. The number of hydrogen-bond donors (Lipinski definition) is 0. The molecule has 0 aliphatic heterocycles. The monoisotopic (exact) mass is 226 g/mol. The van der Waals surface area contributed by atoms with Crippen LogP contribution >= 0.6 is 11.6 Å². The third kappa shape index (κ3) is 2.34. The summed E-state index contributed by atoms with van der Waals surface area (Å²) in [6, 6.07) is 5.34. The minimum Gasteiger partial charge on any atom is -0.205 e. The standard InChI is InChI=1S/C13H16ClF/c1-9-5-7-10(8-6-9)11-3-2-4-12(14)13(11)15/h2-4,9-10H,5-8H2,1H3. The van der Waals surface area contributed by atoms with Gasteiger partial charge in [-0.25, -0.2) is 4.39 Å². The fraction of sp³-hybridized carbons (Fsp3) is 0.538. The summed E-state index contributed by atoms with van der Waals surface area (Å²) >= 11 is 5.79. The predicted octanol–water partition coefficient (Wildman–Crippen LogP) is 4.77. The average molecular weight is 227 g/mol. The molecule has 0 radical (unpaired) electrons. The lowest BCUT2D eigenvalue weighted by molar-refractivity contribution is 0.342. The van der Waals surface area contributed by atoms with Crippen molar-refractivity contribution in [2.75, 3.05) is 0 Å². The van der Waals surface area contributed by atoms with Gasteiger partial charge in [-0.2, -0.15) is 0 Å². The fourth-order valence-corrected chi connectivity index (χ4v) is 2.59. The molecule has 0 saturated heterocycles. The largest absolute Gasteiger partial charge is 0.205 e. The molecule has 1 fully saturated rings. The predicted molar refractivity (Wildman–Crippen MR) is 61.8 cm³/mol. The van der Waals surface area contributed by atoms with E-state index in [1.54, 1.807) is 6.07 Å². The van der Waals surface area contributed by atoms with E-state index in [9.17, 15) is 4.39 Å². The molecule has 1 saturated carbocycles. The fourth-order valence-electron chi connectivity index (χ4n) is 2.41. The van der Waals surface area contributed by atoms with Gasteiger partial charge >= 0.3 is 0 Å². The molecule has 0 spiro atoms. The average Bonchev–Trinajstić information content (AvgIpc) is 2.24. The van der Waals surface area contributed by atoms with E-state index in [4.69, 9.17) is 11.6 Å². The summed E-state index contributed by atoms with van der Waals surface area (Å²) in [5.74, 6) is 0.960. The molecule has 1 aliphatic carbocycles. The van der Waals surface area contributed by atoms with Crippen molar-refractivity contribution >= 4 is 11.6 Å². The van der Waals surface area contributed by atoms with E-state index >= 15 is 0 Å². The molecule has 0 unspecified atom stereocenters. The van der Waals surface area contributed by atoms with Crippen molar-refractivity contribution < 1.29 is 4.39 Å². The molecule has 2 rings (SSSR count). The van der Waals surface area contributed by atoms with Crippen LogP contribution in [0.15, 0.2) is 18.2 Å². The van der Waals surface area contributed by atoms with Gasteiger partial charge in [-0.15, -0.1) is 0 Å². The number of benzene rings is 1. The molecule has 0 N–H and O–H groups in total. The molecule has 1 aromatic carbocycles. The van der Waals surface area contributed by atoms with Crippen LogP contribution in [0.25, 0.3) is 0 Å². The summed E-state index contributed by atoms with van der Waals surface area (Å²) in [5.41, 5.74) is 0.814. The summed E-state index contributed by atoms with van der Waals surface area (Å²) in [6.45, 7) is 2.27. The van der Waals surface area contributed by atoms with Gasteiger partial charge in [-0.3, -0.25) is 0 Å². The van der Waals surface area contributed by atoms with Crippen LogP contribution in [0, 0.1) is 11.7 Å². The van der Waals surface area contributed by atoms with E-state index < -0.39 is 0 Å². The highest BCUT2D eigenvalue weighted by Gasteiger charge is 2.22. The quantitative estimate of drug-likeness (QED) is 0.647. The van der Waals surface area contributed by atoms with Crippen LogP contribution in [-0.2, 0) is 0 Å². The van der Waals surface area contributed by atoms with E-state index in [1.807, 2.05) is 12.1 Å². The van der Waals surface area contributed by atoms with Crippen LogP contribution in [0.4, 0.5) is 4.39 Å². The third-order valence-corrected chi connectivity index (χ3v) is 3.73. The van der Waals surface area contributed by atoms with Gasteiger partial charge in [0, 0.05) is 0 Å². The van der Waals surface area contributed by atoms with Crippen molar-refractivity contribution in [1.29, 1.82) is 0 Å². The molecule has 0 bridgehead atoms. The maximum atomic E-state index is 13.8. The van der Waals surface area contributed by atoms with Gasteiger partial charge in [-0.1, -0.05) is 43.5 Å². The maximum absolute atomic E-state index is 13.8. The molecule has 1 aliphatic rings. The number of hydrogen-bond acceptors (Lipinski definition) is 0. The van der Waals surface area contributed by atoms with Crippen LogP contribution in [-0.4, -0.2) is 0 Å². The Bertz CT molecular complexity index is 340. The van der Waals surface area contributed by atoms with Crippen LogP contribution in [0.3, 0.4) is 0 Å². The lowest BCUT2D eigenvalue weighted by atomic mass is 9.79. The molecule has 1 aromatic rings. The van der Waals surface area contributed by atoms with Gasteiger partial charge in [0.1, 0.15) is 5.82 Å². The second-order valence-electron chi connectivity index (χ2n) is 4.60. The molecule has 0 amide bonds. The highest BCUT2D eigenvalue weighted by Crippen LogP contribution is 2.37. The van der Waals surface area contributed by atoms with Gasteiger partial charge in [0.25, 0.3) is 0 Å². The minimum absolute atomic E-state index is 0.210. The first-order valence-electron chi connectivity index (χ1n) is 5.62. The highest BCUT2D eigenvalue weighted by molar-refractivity contribution is 6.30. The van der Waals surface area contributed by atoms with E-state index in [2.05, 4.69) is 6.92 Å². The van der Waals surface area contributed by atoms with Crippen LogP contribution < -0.4 is 0 Å². The van der Waals surface area contributed by atoms with Crippen LogP contribution in [0.5, 0.6) is 0 Å². The summed E-state index contributed by atoms with van der Waals surface area (Å²) < 4.78 is 13.8. The van der Waals surface area contributed by atoms with Gasteiger partial charge in [0.05, 0.1) is 5.02 Å². The third-order valence-electron chi connectivity index (χ3n) is 3.44. The topological polar surface area (TPSA) is 0 Å². The lowest BCUT2D eigenvalue weighted by Gasteiger charge is -2.26. The van der Waals surface area contributed by atoms with Crippen LogP contribution in [0.2, 0.25) is 5.02 Å². The summed E-state index contributed by atoms with van der Waals surface area (Å²) in [6.07, 6.45) is 4.60. The molecule has 0 heterocycles. The van der Waals surface area contributed by atoms with Crippen molar-refractivity contribution in [2.45, 2.75) is 38.5 Å². The Kier molecular flexibility index (Phi) is 3.30. The highest BCUT2D eigenvalue weighted by atomic mass is 35.5. The lowest BCUT2D eigenvalue weighted by Crippen LogP contribution is -2.12. The SMILES string of the molecule is CC1CCC(c2cccc(Cl)c2F)CC1. The Morgan fingerprint density at radius 1 is 1.20 bits per heavy atom. The van der Waals surface area contributed by atoms with Gasteiger partial charge in [0.15, 0.2) is 0 Å². The zero-order chi connectivity index (χ0) is 10.8. The molecule has 82 valence electrons. The van der Waals surface area contributed by atoms with Crippen LogP contribution in [0.1, 0.15) is 44.1 Å². The maximum Gasteiger partial charge on any atom is 0.145 e. The zero-order valence-corrected chi connectivity index (χ0v) is 9.73. The molecule has 2 heteroatoms. The molecule has 0 atom stereocenters. The van der Waals surface area contributed by atoms with E-state index in [0.717, 1.165) is 24.3 Å². The van der Waals surface area contributed by atoms with Gasteiger partial charge in [-0.05, 0) is 36.3 Å². The van der Waals surface area contributed by atoms with E-state index in [1.165, 1.54) is 12.8 Å². The molecular weight excluding hydrogens is 211 g/mol. The molecular formula is C13H16ClF. The Labute approximate surface area is 95.4 Å². The Balaban J connectivity index is 2.19. The first-order valence-corrected chi connectivity index (χ1v) is 6.00. The minimum atomic E-state index is -0.210. The second kappa shape index (κ2) is 4.52. The van der Waals surface area contributed by atoms with Crippen molar-refractivity contribution in [3.05, 3.63) is 34.6 Å². The van der Waals surface area contributed by atoms with E-state index in [0.29, 0.717) is 5.92 Å². The molecule has 0 nitrogen and oxygen atoms in total. The smallest absolute Gasteiger partial charge is 0.145 e. The Hall–Kier alpha value is -0.560. The summed E-state index contributed by atoms with van der Waals surface area (Å²) in [5, 5.41) is 0.256. The zero-order valence-electron chi connectivity index (χ0n) is 8.97. The van der Waals surface area contributed by atoms with Gasteiger partial charge in [0.2, 0.25) is 0 Å². The first-order chi connectivity index (χ1) is 7.18. The molecule has 0 aromatic heterocycles.